The zero-order valence-electron chi connectivity index (χ0n) is 19.1. The second-order valence-electron chi connectivity index (χ2n) is 8.65. The van der Waals surface area contributed by atoms with Crippen molar-refractivity contribution in [1.82, 2.24) is 10.2 Å². The average molecular weight is 429 g/mol. The largest absolute Gasteiger partial charge is 0.483 e. The van der Waals surface area contributed by atoms with Crippen LogP contribution in [0.25, 0.3) is 0 Å². The minimum Gasteiger partial charge on any atom is -0.483 e. The maximum Gasteiger partial charge on any atom is 0.261 e. The van der Waals surface area contributed by atoms with Crippen molar-refractivity contribution in [3.8, 4) is 5.75 Å². The summed E-state index contributed by atoms with van der Waals surface area (Å²) in [6.45, 7) is 10.4. The second kappa shape index (κ2) is 10.9. The molecule has 1 atom stereocenters. The number of hydrogen-bond donors (Lipinski definition) is 1. The van der Waals surface area contributed by atoms with E-state index in [4.69, 9.17) is 4.74 Å². The lowest BCUT2D eigenvalue weighted by molar-refractivity contribution is -0.142. The topological polar surface area (TPSA) is 58.6 Å². The molecular weight excluding hydrogens is 395 g/mol. The molecule has 168 valence electrons. The fraction of sp³-hybridized carbons (Fsp3) is 0.440. The predicted molar refractivity (Wildman–Crippen MR) is 120 cm³/mol. The summed E-state index contributed by atoms with van der Waals surface area (Å²) in [5.74, 6) is -0.245. The van der Waals surface area contributed by atoms with Crippen LogP contribution in [0.1, 0.15) is 52.2 Å². The van der Waals surface area contributed by atoms with Crippen molar-refractivity contribution in [2.24, 2.45) is 0 Å². The number of amides is 2. The lowest BCUT2D eigenvalue weighted by atomic mass is 9.86. The molecule has 1 N–H and O–H groups in total. The molecule has 0 spiro atoms. The Morgan fingerprint density at radius 2 is 1.74 bits per heavy atom. The third-order valence-corrected chi connectivity index (χ3v) is 5.03. The van der Waals surface area contributed by atoms with E-state index in [2.05, 4.69) is 26.1 Å². The molecule has 0 aliphatic rings. The van der Waals surface area contributed by atoms with Gasteiger partial charge in [-0.15, -0.1) is 0 Å². The lowest BCUT2D eigenvalue weighted by Crippen LogP contribution is -2.49. The monoisotopic (exact) mass is 428 g/mol. The molecule has 2 rings (SSSR count). The third-order valence-electron chi connectivity index (χ3n) is 5.03. The fourth-order valence-corrected chi connectivity index (χ4v) is 3.20. The van der Waals surface area contributed by atoms with Crippen molar-refractivity contribution in [2.45, 2.75) is 59.0 Å². The van der Waals surface area contributed by atoms with Crippen LogP contribution in [0, 0.1) is 5.82 Å². The number of halogens is 1. The summed E-state index contributed by atoms with van der Waals surface area (Å²) in [6, 6.07) is 12.9. The number of carbonyl (C=O) groups excluding carboxylic acids is 2. The molecule has 0 heterocycles. The highest BCUT2D eigenvalue weighted by Crippen LogP contribution is 2.31. The standard InChI is InChI=1S/C25H33FN2O3/c1-6-15-27-24(30)18(2)28(16-19-11-13-20(26)14-12-19)23(29)17-31-22-10-8-7-9-21(22)25(3,4)5/h7-14,18H,6,15-17H2,1-5H3,(H,27,30)/t18-/m0/s1. The van der Waals surface area contributed by atoms with Gasteiger partial charge in [0.2, 0.25) is 5.91 Å². The Hall–Kier alpha value is -2.89. The highest BCUT2D eigenvalue weighted by Gasteiger charge is 2.27. The molecule has 0 aliphatic carbocycles. The van der Waals surface area contributed by atoms with E-state index in [9.17, 15) is 14.0 Å². The van der Waals surface area contributed by atoms with Gasteiger partial charge in [-0.3, -0.25) is 9.59 Å². The number of carbonyl (C=O) groups is 2. The Bertz CT molecular complexity index is 875. The van der Waals surface area contributed by atoms with E-state index in [-0.39, 0.29) is 36.2 Å². The van der Waals surface area contributed by atoms with Crippen LogP contribution in [-0.2, 0) is 21.5 Å². The van der Waals surface area contributed by atoms with Crippen LogP contribution in [-0.4, -0.2) is 35.9 Å². The number of para-hydroxylation sites is 1. The first-order valence-electron chi connectivity index (χ1n) is 10.7. The molecule has 0 unspecified atom stereocenters. The van der Waals surface area contributed by atoms with Gasteiger partial charge < -0.3 is 15.0 Å². The summed E-state index contributed by atoms with van der Waals surface area (Å²) in [4.78, 5) is 27.1. The highest BCUT2D eigenvalue weighted by molar-refractivity contribution is 5.88. The summed E-state index contributed by atoms with van der Waals surface area (Å²) in [5.41, 5.74) is 1.60. The number of nitrogens with one attached hydrogen (secondary N) is 1. The van der Waals surface area contributed by atoms with Gasteiger partial charge in [-0.05, 0) is 48.1 Å². The van der Waals surface area contributed by atoms with Gasteiger partial charge >= 0.3 is 0 Å². The number of hydrogen-bond acceptors (Lipinski definition) is 3. The van der Waals surface area contributed by atoms with Gasteiger partial charge in [0.05, 0.1) is 0 Å². The number of benzene rings is 2. The van der Waals surface area contributed by atoms with E-state index in [1.807, 2.05) is 31.2 Å². The van der Waals surface area contributed by atoms with Crippen molar-refractivity contribution in [2.75, 3.05) is 13.2 Å². The molecule has 0 bridgehead atoms. The molecule has 0 saturated carbocycles. The maximum atomic E-state index is 13.3. The molecule has 0 radical (unpaired) electrons. The van der Waals surface area contributed by atoms with E-state index >= 15 is 0 Å². The predicted octanol–water partition coefficient (Wildman–Crippen LogP) is 4.45. The summed E-state index contributed by atoms with van der Waals surface area (Å²) in [6.07, 6.45) is 0.803. The van der Waals surface area contributed by atoms with Crippen LogP contribution in [0.15, 0.2) is 48.5 Å². The van der Waals surface area contributed by atoms with Crippen LogP contribution in [0.5, 0.6) is 5.75 Å². The van der Waals surface area contributed by atoms with Gasteiger partial charge in [0.1, 0.15) is 17.6 Å². The van der Waals surface area contributed by atoms with Gasteiger partial charge in [0, 0.05) is 13.1 Å². The van der Waals surface area contributed by atoms with Crippen LogP contribution in [0.4, 0.5) is 4.39 Å². The number of ether oxygens (including phenoxy) is 1. The lowest BCUT2D eigenvalue weighted by Gasteiger charge is -2.29. The van der Waals surface area contributed by atoms with Crippen molar-refractivity contribution in [3.05, 3.63) is 65.5 Å². The average Bonchev–Trinajstić information content (AvgIpc) is 2.74. The Morgan fingerprint density at radius 1 is 1.10 bits per heavy atom. The van der Waals surface area contributed by atoms with E-state index in [1.54, 1.807) is 19.1 Å². The van der Waals surface area contributed by atoms with Gasteiger partial charge in [-0.2, -0.15) is 0 Å². The fourth-order valence-electron chi connectivity index (χ4n) is 3.20. The first kappa shape index (κ1) is 24.4. The zero-order valence-corrected chi connectivity index (χ0v) is 19.1. The molecule has 0 fully saturated rings. The summed E-state index contributed by atoms with van der Waals surface area (Å²) in [7, 11) is 0. The maximum absolute atomic E-state index is 13.3. The summed E-state index contributed by atoms with van der Waals surface area (Å²) < 4.78 is 19.2. The van der Waals surface area contributed by atoms with Crippen LogP contribution in [0.2, 0.25) is 0 Å². The highest BCUT2D eigenvalue weighted by atomic mass is 19.1. The smallest absolute Gasteiger partial charge is 0.261 e. The Balaban J connectivity index is 2.19. The molecule has 0 aromatic heterocycles. The SMILES string of the molecule is CCCNC(=O)[C@H](C)N(Cc1ccc(F)cc1)C(=O)COc1ccccc1C(C)(C)C. The molecule has 5 nitrogen and oxygen atoms in total. The Kier molecular flexibility index (Phi) is 8.60. The summed E-state index contributed by atoms with van der Waals surface area (Å²) >= 11 is 0. The van der Waals surface area contributed by atoms with E-state index in [0.717, 1.165) is 17.5 Å². The normalized spacial score (nSPS) is 12.2. The third kappa shape index (κ3) is 7.09. The van der Waals surface area contributed by atoms with Crippen molar-refractivity contribution < 1.29 is 18.7 Å². The van der Waals surface area contributed by atoms with Gasteiger partial charge in [-0.25, -0.2) is 4.39 Å². The van der Waals surface area contributed by atoms with Crippen LogP contribution in [0.3, 0.4) is 0 Å². The Morgan fingerprint density at radius 3 is 2.35 bits per heavy atom. The van der Waals surface area contributed by atoms with Gasteiger partial charge in [0.15, 0.2) is 6.61 Å². The van der Waals surface area contributed by atoms with Crippen LogP contribution >= 0.6 is 0 Å². The first-order chi connectivity index (χ1) is 14.6. The molecule has 6 heteroatoms. The quantitative estimate of drug-likeness (QED) is 0.642. The molecular formula is C25H33FN2O3. The Labute approximate surface area is 184 Å². The van der Waals surface area contributed by atoms with Crippen molar-refractivity contribution in [3.63, 3.8) is 0 Å². The molecule has 2 amide bonds. The molecule has 0 saturated heterocycles. The number of nitrogens with zero attached hydrogens (tertiary/aromatic N) is 1. The molecule has 2 aromatic carbocycles. The van der Waals surface area contributed by atoms with E-state index in [0.29, 0.717) is 12.3 Å². The minimum absolute atomic E-state index is 0.138. The van der Waals surface area contributed by atoms with Crippen molar-refractivity contribution >= 4 is 11.8 Å². The van der Waals surface area contributed by atoms with Crippen LogP contribution < -0.4 is 10.1 Å². The zero-order chi connectivity index (χ0) is 23.0. The molecule has 31 heavy (non-hydrogen) atoms. The first-order valence-corrected chi connectivity index (χ1v) is 10.7. The van der Waals surface area contributed by atoms with Crippen molar-refractivity contribution in [1.29, 1.82) is 0 Å². The minimum atomic E-state index is -0.689. The van der Waals surface area contributed by atoms with E-state index < -0.39 is 6.04 Å². The summed E-state index contributed by atoms with van der Waals surface area (Å²) in [5, 5.41) is 2.83. The second-order valence-corrected chi connectivity index (χ2v) is 8.65. The molecule has 0 aliphatic heterocycles. The molecule has 2 aromatic rings. The number of rotatable bonds is 9. The van der Waals surface area contributed by atoms with Gasteiger partial charge in [0.25, 0.3) is 5.91 Å². The van der Waals surface area contributed by atoms with Gasteiger partial charge in [-0.1, -0.05) is 58.0 Å². The van der Waals surface area contributed by atoms with E-state index in [1.165, 1.54) is 17.0 Å².